The van der Waals surface area contributed by atoms with Crippen molar-refractivity contribution >= 4 is 0 Å². The zero-order valence-electron chi connectivity index (χ0n) is 13.6. The van der Waals surface area contributed by atoms with Crippen molar-refractivity contribution in [2.45, 2.75) is 83.0 Å². The summed E-state index contributed by atoms with van der Waals surface area (Å²) in [6, 6.07) is 0.452. The molecule has 2 fully saturated rings. The minimum absolute atomic E-state index is 0.108. The Morgan fingerprint density at radius 1 is 1.38 bits per heavy atom. The van der Waals surface area contributed by atoms with Crippen LogP contribution in [0.3, 0.4) is 0 Å². The van der Waals surface area contributed by atoms with Gasteiger partial charge in [0.25, 0.3) is 0 Å². The summed E-state index contributed by atoms with van der Waals surface area (Å²) in [6.45, 7) is 8.14. The van der Waals surface area contributed by atoms with Crippen LogP contribution < -0.4 is 5.32 Å². The molecule has 2 heterocycles. The molecule has 1 aromatic rings. The molecule has 21 heavy (non-hydrogen) atoms. The number of nitrogens with zero attached hydrogens (tertiary/aromatic N) is 3. The van der Waals surface area contributed by atoms with Gasteiger partial charge in [0.2, 0.25) is 0 Å². The van der Waals surface area contributed by atoms with E-state index in [-0.39, 0.29) is 11.1 Å². The van der Waals surface area contributed by atoms with Crippen molar-refractivity contribution < 1.29 is 4.74 Å². The van der Waals surface area contributed by atoms with Crippen molar-refractivity contribution in [1.29, 1.82) is 0 Å². The first-order chi connectivity index (χ1) is 9.96. The van der Waals surface area contributed by atoms with Crippen LogP contribution in [0.25, 0.3) is 0 Å². The number of nitrogens with one attached hydrogen (secondary N) is 1. The Hall–Kier alpha value is -0.940. The lowest BCUT2D eigenvalue weighted by Gasteiger charge is -2.38. The molecule has 1 atom stereocenters. The molecule has 1 aliphatic carbocycles. The van der Waals surface area contributed by atoms with Crippen LogP contribution in [-0.4, -0.2) is 32.7 Å². The molecule has 1 unspecified atom stereocenters. The highest BCUT2D eigenvalue weighted by Crippen LogP contribution is 2.43. The Balaban J connectivity index is 1.63. The summed E-state index contributed by atoms with van der Waals surface area (Å²) in [5.74, 6) is 0. The van der Waals surface area contributed by atoms with Gasteiger partial charge in [-0.15, -0.1) is 5.10 Å². The first kappa shape index (κ1) is 15.0. The van der Waals surface area contributed by atoms with Crippen molar-refractivity contribution in [3.63, 3.8) is 0 Å². The van der Waals surface area contributed by atoms with E-state index in [4.69, 9.17) is 4.74 Å². The topological polar surface area (TPSA) is 52.0 Å². The normalized spacial score (nSPS) is 25.6. The van der Waals surface area contributed by atoms with E-state index >= 15 is 0 Å². The summed E-state index contributed by atoms with van der Waals surface area (Å²) in [6.07, 6.45) is 9.32. The average molecular weight is 292 g/mol. The Morgan fingerprint density at radius 2 is 2.14 bits per heavy atom. The van der Waals surface area contributed by atoms with Crippen LogP contribution in [0.4, 0.5) is 0 Å². The lowest BCUT2D eigenvalue weighted by molar-refractivity contribution is -0.0911. The maximum Gasteiger partial charge on any atom is 0.0965 e. The summed E-state index contributed by atoms with van der Waals surface area (Å²) in [5.41, 5.74) is 1.27. The number of hydrogen-bond acceptors (Lipinski definition) is 4. The third kappa shape index (κ3) is 3.64. The molecule has 1 saturated carbocycles. The zero-order valence-corrected chi connectivity index (χ0v) is 13.6. The van der Waals surface area contributed by atoms with Gasteiger partial charge in [-0.3, -0.25) is 0 Å². The highest BCUT2D eigenvalue weighted by atomic mass is 16.5. The Morgan fingerprint density at radius 3 is 2.86 bits per heavy atom. The summed E-state index contributed by atoms with van der Waals surface area (Å²) < 4.78 is 8.17. The van der Waals surface area contributed by atoms with Crippen LogP contribution in [0, 0.1) is 0 Å². The van der Waals surface area contributed by atoms with Crippen molar-refractivity contribution in [2.24, 2.45) is 0 Å². The van der Waals surface area contributed by atoms with Gasteiger partial charge in [-0.05, 0) is 46.5 Å². The highest BCUT2D eigenvalue weighted by molar-refractivity contribution is 4.97. The standard InChI is InChI=1S/C16H28N4O/c1-15(2,3)17-11-13-12-20(19-18-13)14-6-9-21-16(10-14)7-4-5-8-16/h12,14,17H,4-11H2,1-3H3. The summed E-state index contributed by atoms with van der Waals surface area (Å²) in [4.78, 5) is 0. The van der Waals surface area contributed by atoms with Gasteiger partial charge >= 0.3 is 0 Å². The first-order valence-corrected chi connectivity index (χ1v) is 8.26. The molecule has 5 heteroatoms. The third-order valence-corrected chi connectivity index (χ3v) is 4.71. The van der Waals surface area contributed by atoms with E-state index in [1.54, 1.807) is 0 Å². The number of aromatic nitrogens is 3. The Bertz CT molecular complexity index is 471. The number of hydrogen-bond donors (Lipinski definition) is 1. The fraction of sp³-hybridized carbons (Fsp3) is 0.875. The van der Waals surface area contributed by atoms with Gasteiger partial charge in [-0.25, -0.2) is 4.68 Å². The predicted octanol–water partition coefficient (Wildman–Crippen LogP) is 2.83. The van der Waals surface area contributed by atoms with E-state index < -0.39 is 0 Å². The quantitative estimate of drug-likeness (QED) is 0.930. The van der Waals surface area contributed by atoms with Gasteiger partial charge in [0, 0.05) is 18.7 Å². The van der Waals surface area contributed by atoms with Gasteiger partial charge < -0.3 is 10.1 Å². The van der Waals surface area contributed by atoms with Crippen LogP contribution in [0.5, 0.6) is 0 Å². The second kappa shape index (κ2) is 5.69. The van der Waals surface area contributed by atoms with Gasteiger partial charge in [-0.2, -0.15) is 0 Å². The molecule has 1 saturated heterocycles. The minimum Gasteiger partial charge on any atom is -0.375 e. The second-order valence-corrected chi connectivity index (χ2v) is 7.68. The van der Waals surface area contributed by atoms with E-state index in [0.717, 1.165) is 31.7 Å². The lowest BCUT2D eigenvalue weighted by atomic mass is 9.89. The van der Waals surface area contributed by atoms with Gasteiger partial charge in [0.05, 0.1) is 23.5 Å². The molecular formula is C16H28N4O. The van der Waals surface area contributed by atoms with Gasteiger partial charge in [-0.1, -0.05) is 18.1 Å². The molecule has 0 aromatic carbocycles. The predicted molar refractivity (Wildman–Crippen MR) is 82.0 cm³/mol. The molecular weight excluding hydrogens is 264 g/mol. The van der Waals surface area contributed by atoms with Crippen molar-refractivity contribution in [3.8, 4) is 0 Å². The van der Waals surface area contributed by atoms with E-state index in [0.29, 0.717) is 6.04 Å². The van der Waals surface area contributed by atoms with Crippen LogP contribution in [0.2, 0.25) is 0 Å². The molecule has 0 radical (unpaired) electrons. The van der Waals surface area contributed by atoms with Crippen molar-refractivity contribution in [2.75, 3.05) is 6.61 Å². The third-order valence-electron chi connectivity index (χ3n) is 4.71. The highest BCUT2D eigenvalue weighted by Gasteiger charge is 2.40. The van der Waals surface area contributed by atoms with Crippen molar-refractivity contribution in [1.82, 2.24) is 20.3 Å². The Kier molecular flexibility index (Phi) is 4.06. The molecule has 2 aliphatic rings. The average Bonchev–Trinajstić information content (AvgIpc) is 3.06. The molecule has 0 amide bonds. The van der Waals surface area contributed by atoms with E-state index in [9.17, 15) is 0 Å². The molecule has 1 N–H and O–H groups in total. The van der Waals surface area contributed by atoms with Gasteiger partial charge in [0.1, 0.15) is 0 Å². The fourth-order valence-electron chi connectivity index (χ4n) is 3.52. The molecule has 118 valence electrons. The molecule has 1 aliphatic heterocycles. The molecule has 5 nitrogen and oxygen atoms in total. The van der Waals surface area contributed by atoms with Crippen LogP contribution in [0.15, 0.2) is 6.20 Å². The van der Waals surface area contributed by atoms with Crippen molar-refractivity contribution in [3.05, 3.63) is 11.9 Å². The van der Waals surface area contributed by atoms with E-state index in [1.807, 2.05) is 0 Å². The van der Waals surface area contributed by atoms with Gasteiger partial charge in [0.15, 0.2) is 0 Å². The largest absolute Gasteiger partial charge is 0.375 e. The maximum atomic E-state index is 6.10. The second-order valence-electron chi connectivity index (χ2n) is 7.68. The summed E-state index contributed by atoms with van der Waals surface area (Å²) >= 11 is 0. The number of rotatable bonds is 3. The SMILES string of the molecule is CC(C)(C)NCc1cn(C2CCOC3(CCCC3)C2)nn1. The molecule has 1 aromatic heterocycles. The first-order valence-electron chi connectivity index (χ1n) is 8.26. The van der Waals surface area contributed by atoms with Crippen LogP contribution >= 0.6 is 0 Å². The fourth-order valence-corrected chi connectivity index (χ4v) is 3.52. The summed E-state index contributed by atoms with van der Waals surface area (Å²) in [5, 5.41) is 12.1. The van der Waals surface area contributed by atoms with E-state index in [1.165, 1.54) is 25.7 Å². The molecule has 3 rings (SSSR count). The zero-order chi connectivity index (χ0) is 14.9. The van der Waals surface area contributed by atoms with E-state index in [2.05, 4.69) is 47.3 Å². The lowest BCUT2D eigenvalue weighted by Crippen LogP contribution is -2.38. The molecule has 0 bridgehead atoms. The monoisotopic (exact) mass is 292 g/mol. The summed E-state index contributed by atoms with van der Waals surface area (Å²) in [7, 11) is 0. The van der Waals surface area contributed by atoms with Crippen LogP contribution in [0.1, 0.15) is 71.0 Å². The Labute approximate surface area is 127 Å². The molecule has 1 spiro atoms. The van der Waals surface area contributed by atoms with Crippen LogP contribution in [-0.2, 0) is 11.3 Å². The smallest absolute Gasteiger partial charge is 0.0965 e. The minimum atomic E-state index is 0.108. The maximum absolute atomic E-state index is 6.10. The number of ether oxygens (including phenoxy) is 1.